The zero-order chi connectivity index (χ0) is 13.8. The summed E-state index contributed by atoms with van der Waals surface area (Å²) in [7, 11) is 0. The van der Waals surface area contributed by atoms with Gasteiger partial charge in [0.15, 0.2) is 0 Å². The topological polar surface area (TPSA) is 55.2 Å². The van der Waals surface area contributed by atoms with Crippen molar-refractivity contribution in [3.8, 4) is 0 Å². The minimum absolute atomic E-state index is 0.113. The molecule has 98 valence electrons. The molecule has 4 nitrogen and oxygen atoms in total. The van der Waals surface area contributed by atoms with Crippen LogP contribution in [-0.4, -0.2) is 4.92 Å². The average molecular weight is 321 g/mol. The monoisotopic (exact) mass is 320 g/mol. The van der Waals surface area contributed by atoms with Gasteiger partial charge in [-0.1, -0.05) is 28.1 Å². The quantitative estimate of drug-likeness (QED) is 0.675. The highest BCUT2D eigenvalue weighted by Crippen LogP contribution is 2.20. The molecule has 0 bridgehead atoms. The molecule has 0 aliphatic rings. The minimum atomic E-state index is -0.394. The number of nitrogens with zero attached hydrogens (tertiary/aromatic N) is 1. The van der Waals surface area contributed by atoms with Crippen LogP contribution < -0.4 is 5.32 Å². The summed E-state index contributed by atoms with van der Waals surface area (Å²) in [6, 6.07) is 12.6. The summed E-state index contributed by atoms with van der Waals surface area (Å²) in [5.74, 6) is 0. The number of rotatable bonds is 4. The first-order chi connectivity index (χ1) is 9.04. The van der Waals surface area contributed by atoms with Gasteiger partial charge in [0, 0.05) is 28.8 Å². The Kier molecular flexibility index (Phi) is 4.16. The molecule has 0 aliphatic carbocycles. The molecule has 1 N–H and O–H groups in total. The predicted octanol–water partition coefficient (Wildman–Crippen LogP) is 4.28. The highest BCUT2D eigenvalue weighted by atomic mass is 79.9. The number of non-ortho nitro benzene ring substituents is 1. The molecule has 0 saturated carbocycles. The van der Waals surface area contributed by atoms with Gasteiger partial charge in [-0.3, -0.25) is 10.1 Å². The minimum Gasteiger partial charge on any atom is -0.381 e. The van der Waals surface area contributed by atoms with Gasteiger partial charge in [0.25, 0.3) is 5.69 Å². The number of halogens is 1. The maximum Gasteiger partial charge on any atom is 0.269 e. The summed E-state index contributed by atoms with van der Waals surface area (Å²) in [6.45, 7) is 2.66. The Hall–Kier alpha value is -1.88. The van der Waals surface area contributed by atoms with Crippen molar-refractivity contribution >= 4 is 27.3 Å². The Morgan fingerprint density at radius 2 is 1.89 bits per heavy atom. The molecule has 0 aliphatic heterocycles. The highest BCUT2D eigenvalue weighted by molar-refractivity contribution is 9.10. The van der Waals surface area contributed by atoms with E-state index in [-0.39, 0.29) is 5.69 Å². The lowest BCUT2D eigenvalue weighted by Crippen LogP contribution is -2.00. The van der Waals surface area contributed by atoms with Crippen molar-refractivity contribution in [2.75, 3.05) is 5.32 Å². The Morgan fingerprint density at radius 1 is 1.21 bits per heavy atom. The number of nitrogens with one attached hydrogen (secondary N) is 1. The molecule has 2 aromatic rings. The number of anilines is 1. The van der Waals surface area contributed by atoms with E-state index in [9.17, 15) is 10.1 Å². The van der Waals surface area contributed by atoms with E-state index in [0.29, 0.717) is 6.54 Å². The van der Waals surface area contributed by atoms with Crippen molar-refractivity contribution in [3.63, 3.8) is 0 Å². The fraction of sp³-hybridized carbons (Fsp3) is 0.143. The number of aryl methyl sites for hydroxylation is 1. The zero-order valence-electron chi connectivity index (χ0n) is 10.4. The van der Waals surface area contributed by atoms with Crippen molar-refractivity contribution in [1.29, 1.82) is 0 Å². The van der Waals surface area contributed by atoms with Crippen molar-refractivity contribution in [2.24, 2.45) is 0 Å². The molecule has 0 heterocycles. The molecule has 0 spiro atoms. The van der Waals surface area contributed by atoms with E-state index < -0.39 is 4.92 Å². The van der Waals surface area contributed by atoms with Crippen LogP contribution in [-0.2, 0) is 6.54 Å². The van der Waals surface area contributed by atoms with Gasteiger partial charge in [0.2, 0.25) is 0 Å². The highest BCUT2D eigenvalue weighted by Gasteiger charge is 2.03. The summed E-state index contributed by atoms with van der Waals surface area (Å²) >= 11 is 3.45. The number of hydrogen-bond donors (Lipinski definition) is 1. The van der Waals surface area contributed by atoms with E-state index in [0.717, 1.165) is 15.7 Å². The molecule has 0 unspecified atom stereocenters. The van der Waals surface area contributed by atoms with Crippen molar-refractivity contribution in [2.45, 2.75) is 13.5 Å². The molecule has 0 radical (unpaired) electrons. The van der Waals surface area contributed by atoms with Crippen LogP contribution in [0.25, 0.3) is 0 Å². The predicted molar refractivity (Wildman–Crippen MR) is 79.3 cm³/mol. The average Bonchev–Trinajstić information content (AvgIpc) is 2.36. The normalized spacial score (nSPS) is 10.2. The first kappa shape index (κ1) is 13.5. The maximum absolute atomic E-state index is 10.6. The number of nitro groups is 1. The first-order valence-electron chi connectivity index (χ1n) is 5.79. The Labute approximate surface area is 119 Å². The smallest absolute Gasteiger partial charge is 0.269 e. The fourth-order valence-corrected chi connectivity index (χ4v) is 2.39. The number of hydrogen-bond acceptors (Lipinski definition) is 3. The largest absolute Gasteiger partial charge is 0.381 e. The van der Waals surface area contributed by atoms with Gasteiger partial charge in [0.05, 0.1) is 4.92 Å². The van der Waals surface area contributed by atoms with Gasteiger partial charge in [0.1, 0.15) is 0 Å². The third kappa shape index (κ3) is 3.79. The summed E-state index contributed by atoms with van der Waals surface area (Å²) in [5.41, 5.74) is 3.30. The number of benzene rings is 2. The van der Waals surface area contributed by atoms with Crippen LogP contribution in [0.2, 0.25) is 0 Å². The third-order valence-electron chi connectivity index (χ3n) is 2.69. The Bertz CT molecular complexity index is 577. The van der Waals surface area contributed by atoms with E-state index in [4.69, 9.17) is 0 Å². The summed E-state index contributed by atoms with van der Waals surface area (Å²) in [4.78, 5) is 10.2. The molecule has 0 aromatic heterocycles. The van der Waals surface area contributed by atoms with Crippen LogP contribution in [0.15, 0.2) is 46.9 Å². The Balaban J connectivity index is 2.03. The van der Waals surface area contributed by atoms with Crippen molar-refractivity contribution in [3.05, 3.63) is 68.2 Å². The summed E-state index contributed by atoms with van der Waals surface area (Å²) in [5, 5.41) is 13.8. The van der Waals surface area contributed by atoms with Crippen LogP contribution in [0.1, 0.15) is 11.1 Å². The molecule has 19 heavy (non-hydrogen) atoms. The zero-order valence-corrected chi connectivity index (χ0v) is 12.0. The maximum atomic E-state index is 10.6. The molecule has 0 fully saturated rings. The number of nitro benzene ring substituents is 1. The Morgan fingerprint density at radius 3 is 2.47 bits per heavy atom. The molecule has 2 aromatic carbocycles. The van der Waals surface area contributed by atoms with Gasteiger partial charge in [-0.2, -0.15) is 0 Å². The van der Waals surface area contributed by atoms with Gasteiger partial charge < -0.3 is 5.32 Å². The van der Waals surface area contributed by atoms with E-state index in [1.165, 1.54) is 17.7 Å². The SMILES string of the molecule is Cc1cc(Br)cc(NCc2ccc([N+](=O)[O-])cc2)c1. The third-order valence-corrected chi connectivity index (χ3v) is 3.14. The van der Waals surface area contributed by atoms with E-state index >= 15 is 0 Å². The van der Waals surface area contributed by atoms with Gasteiger partial charge in [-0.15, -0.1) is 0 Å². The van der Waals surface area contributed by atoms with Crippen LogP contribution in [0.4, 0.5) is 11.4 Å². The first-order valence-corrected chi connectivity index (χ1v) is 6.58. The molecule has 0 saturated heterocycles. The van der Waals surface area contributed by atoms with Crippen molar-refractivity contribution in [1.82, 2.24) is 0 Å². The second-order valence-corrected chi connectivity index (χ2v) is 5.21. The van der Waals surface area contributed by atoms with Gasteiger partial charge in [-0.25, -0.2) is 0 Å². The second-order valence-electron chi connectivity index (χ2n) is 4.29. The second kappa shape index (κ2) is 5.84. The van der Waals surface area contributed by atoms with Crippen LogP contribution >= 0.6 is 15.9 Å². The summed E-state index contributed by atoms with van der Waals surface area (Å²) in [6.07, 6.45) is 0. The fourth-order valence-electron chi connectivity index (χ4n) is 1.78. The van der Waals surface area contributed by atoms with Crippen molar-refractivity contribution < 1.29 is 4.92 Å². The molecule has 5 heteroatoms. The molecule has 0 atom stereocenters. The molecular weight excluding hydrogens is 308 g/mol. The van der Waals surface area contributed by atoms with E-state index in [2.05, 4.69) is 27.3 Å². The van der Waals surface area contributed by atoms with E-state index in [1.54, 1.807) is 12.1 Å². The standard InChI is InChI=1S/C14H13BrN2O2/c1-10-6-12(15)8-13(7-10)16-9-11-2-4-14(5-3-11)17(18)19/h2-8,16H,9H2,1H3. The molecule has 0 amide bonds. The lowest BCUT2D eigenvalue weighted by molar-refractivity contribution is -0.384. The van der Waals surface area contributed by atoms with Gasteiger partial charge in [-0.05, 0) is 36.2 Å². The summed E-state index contributed by atoms with van der Waals surface area (Å²) < 4.78 is 1.03. The lowest BCUT2D eigenvalue weighted by atomic mass is 10.2. The van der Waals surface area contributed by atoms with Gasteiger partial charge >= 0.3 is 0 Å². The van der Waals surface area contributed by atoms with Crippen LogP contribution in [0, 0.1) is 17.0 Å². The van der Waals surface area contributed by atoms with Crippen LogP contribution in [0.5, 0.6) is 0 Å². The molecule has 2 rings (SSSR count). The molecular formula is C14H13BrN2O2. The van der Waals surface area contributed by atoms with Crippen LogP contribution in [0.3, 0.4) is 0 Å². The van der Waals surface area contributed by atoms with E-state index in [1.807, 2.05) is 19.1 Å². The lowest BCUT2D eigenvalue weighted by Gasteiger charge is -2.08.